The standard InChI is InChI=1S/C20H21N3O4S/c24-16(14-5-8-28-11-14)3-6-21-19(26)20(27)22-15-9-12-1-2-17(25)23-7-4-13(10-15)18(12)23/h5,8-11,16,24H,1-4,6-7H2,(H,21,26)(H,22,27)/t16-/m0/s1. The number of aliphatic hydroxyl groups is 1. The van der Waals surface area contributed by atoms with Gasteiger partial charge in [-0.15, -0.1) is 0 Å². The third kappa shape index (κ3) is 3.65. The number of aliphatic hydroxyl groups excluding tert-OH is 1. The maximum atomic E-state index is 12.2. The minimum atomic E-state index is -0.737. The van der Waals surface area contributed by atoms with Crippen LogP contribution in [-0.2, 0) is 27.2 Å². The summed E-state index contributed by atoms with van der Waals surface area (Å²) in [5.41, 5.74) is 4.41. The summed E-state index contributed by atoms with van der Waals surface area (Å²) in [6.07, 6.45) is 1.54. The van der Waals surface area contributed by atoms with E-state index in [0.717, 1.165) is 28.8 Å². The molecule has 0 unspecified atom stereocenters. The quantitative estimate of drug-likeness (QED) is 0.667. The first kappa shape index (κ1) is 18.6. The van der Waals surface area contributed by atoms with Gasteiger partial charge in [-0.3, -0.25) is 14.4 Å². The molecule has 3 amide bonds. The van der Waals surface area contributed by atoms with Crippen molar-refractivity contribution in [1.82, 2.24) is 5.32 Å². The van der Waals surface area contributed by atoms with Crippen LogP contribution in [0.1, 0.15) is 35.6 Å². The number of anilines is 2. The van der Waals surface area contributed by atoms with Gasteiger partial charge in [0.1, 0.15) is 0 Å². The minimum absolute atomic E-state index is 0.145. The number of amides is 3. The molecule has 146 valence electrons. The topological polar surface area (TPSA) is 98.7 Å². The third-order valence-corrected chi connectivity index (χ3v) is 5.85. The Labute approximate surface area is 166 Å². The largest absolute Gasteiger partial charge is 0.388 e. The van der Waals surface area contributed by atoms with Crippen LogP contribution in [0.3, 0.4) is 0 Å². The normalized spacial score (nSPS) is 15.9. The molecule has 8 heteroatoms. The van der Waals surface area contributed by atoms with Gasteiger partial charge in [-0.1, -0.05) is 0 Å². The summed E-state index contributed by atoms with van der Waals surface area (Å²) in [5, 5.41) is 18.9. The smallest absolute Gasteiger partial charge is 0.313 e. The number of thiophene rings is 1. The molecule has 3 N–H and O–H groups in total. The first-order valence-corrected chi connectivity index (χ1v) is 10.2. The van der Waals surface area contributed by atoms with E-state index in [-0.39, 0.29) is 12.5 Å². The molecule has 0 fully saturated rings. The van der Waals surface area contributed by atoms with Crippen molar-refractivity contribution in [3.8, 4) is 0 Å². The number of hydrogen-bond acceptors (Lipinski definition) is 5. The predicted octanol–water partition coefficient (Wildman–Crippen LogP) is 1.76. The van der Waals surface area contributed by atoms with Gasteiger partial charge in [-0.25, -0.2) is 0 Å². The lowest BCUT2D eigenvalue weighted by molar-refractivity contribution is -0.136. The Kier molecular flexibility index (Phi) is 5.15. The SMILES string of the molecule is O=C(NCC[C@H](O)c1ccsc1)C(=O)Nc1cc2c3c(c1)CCN3C(=O)CC2. The van der Waals surface area contributed by atoms with E-state index in [1.807, 2.05) is 33.9 Å². The lowest BCUT2D eigenvalue weighted by Crippen LogP contribution is -2.36. The van der Waals surface area contributed by atoms with E-state index >= 15 is 0 Å². The van der Waals surface area contributed by atoms with Crippen LogP contribution in [0.5, 0.6) is 0 Å². The molecule has 0 aliphatic carbocycles. The monoisotopic (exact) mass is 399 g/mol. The first-order valence-electron chi connectivity index (χ1n) is 9.28. The van der Waals surface area contributed by atoms with Crippen molar-refractivity contribution in [2.75, 3.05) is 23.3 Å². The second-order valence-corrected chi connectivity index (χ2v) is 7.79. The highest BCUT2D eigenvalue weighted by Crippen LogP contribution is 2.38. The third-order valence-electron chi connectivity index (χ3n) is 5.15. The van der Waals surface area contributed by atoms with Crippen molar-refractivity contribution < 1.29 is 19.5 Å². The molecule has 2 aliphatic heterocycles. The van der Waals surface area contributed by atoms with E-state index in [9.17, 15) is 19.5 Å². The fourth-order valence-electron chi connectivity index (χ4n) is 3.75. The molecule has 0 radical (unpaired) electrons. The zero-order valence-corrected chi connectivity index (χ0v) is 16.1. The summed E-state index contributed by atoms with van der Waals surface area (Å²) in [7, 11) is 0. The van der Waals surface area contributed by atoms with Gasteiger partial charge in [0.15, 0.2) is 0 Å². The number of nitrogens with one attached hydrogen (secondary N) is 2. The van der Waals surface area contributed by atoms with Crippen LogP contribution < -0.4 is 15.5 Å². The van der Waals surface area contributed by atoms with Crippen molar-refractivity contribution >= 4 is 40.4 Å². The number of carbonyl (C=O) groups excluding carboxylic acids is 3. The van der Waals surface area contributed by atoms with E-state index in [1.165, 1.54) is 11.3 Å². The Morgan fingerprint density at radius 2 is 1.96 bits per heavy atom. The number of carbonyl (C=O) groups is 3. The van der Waals surface area contributed by atoms with Crippen LogP contribution in [0.15, 0.2) is 29.0 Å². The van der Waals surface area contributed by atoms with Crippen LogP contribution in [0, 0.1) is 0 Å². The fourth-order valence-corrected chi connectivity index (χ4v) is 4.46. The Balaban J connectivity index is 1.34. The van der Waals surface area contributed by atoms with Gasteiger partial charge < -0.3 is 20.6 Å². The lowest BCUT2D eigenvalue weighted by atomic mass is 9.98. The van der Waals surface area contributed by atoms with Crippen molar-refractivity contribution in [3.05, 3.63) is 45.6 Å². The summed E-state index contributed by atoms with van der Waals surface area (Å²) in [6, 6.07) is 5.51. The summed E-state index contributed by atoms with van der Waals surface area (Å²) in [6.45, 7) is 0.876. The highest BCUT2D eigenvalue weighted by molar-refractivity contribution is 7.07. The van der Waals surface area contributed by atoms with Crippen LogP contribution in [0.2, 0.25) is 0 Å². The highest BCUT2D eigenvalue weighted by Gasteiger charge is 2.31. The van der Waals surface area contributed by atoms with Crippen LogP contribution in [0.25, 0.3) is 0 Å². The second-order valence-electron chi connectivity index (χ2n) is 7.01. The maximum Gasteiger partial charge on any atom is 0.313 e. The van der Waals surface area contributed by atoms with E-state index in [1.54, 1.807) is 0 Å². The first-order chi connectivity index (χ1) is 13.5. The minimum Gasteiger partial charge on any atom is -0.388 e. The maximum absolute atomic E-state index is 12.2. The van der Waals surface area contributed by atoms with Crippen LogP contribution >= 0.6 is 11.3 Å². The number of nitrogens with zero attached hydrogens (tertiary/aromatic N) is 1. The predicted molar refractivity (Wildman–Crippen MR) is 106 cm³/mol. The number of hydrogen-bond donors (Lipinski definition) is 3. The van der Waals surface area contributed by atoms with Crippen LogP contribution in [0.4, 0.5) is 11.4 Å². The Bertz CT molecular complexity index is 926. The average Bonchev–Trinajstić information content (AvgIpc) is 3.35. The molecule has 2 aromatic rings. The highest BCUT2D eigenvalue weighted by atomic mass is 32.1. The Hall–Kier alpha value is -2.71. The molecule has 4 rings (SSSR count). The van der Waals surface area contributed by atoms with E-state index in [2.05, 4.69) is 10.6 Å². The van der Waals surface area contributed by atoms with Gasteiger partial charge in [-0.2, -0.15) is 11.3 Å². The molecule has 0 saturated carbocycles. The van der Waals surface area contributed by atoms with Gasteiger partial charge in [0.25, 0.3) is 0 Å². The molecule has 3 heterocycles. The average molecular weight is 399 g/mol. The molecule has 1 aromatic heterocycles. The van der Waals surface area contributed by atoms with Gasteiger partial charge >= 0.3 is 11.8 Å². The van der Waals surface area contributed by atoms with Gasteiger partial charge in [-0.05, 0) is 64.9 Å². The van der Waals surface area contributed by atoms with E-state index < -0.39 is 17.9 Å². The van der Waals surface area contributed by atoms with Crippen molar-refractivity contribution in [1.29, 1.82) is 0 Å². The second kappa shape index (κ2) is 7.73. The molecule has 1 atom stereocenters. The fraction of sp³-hybridized carbons (Fsp3) is 0.350. The van der Waals surface area contributed by atoms with Gasteiger partial charge in [0, 0.05) is 25.2 Å². The number of benzene rings is 1. The van der Waals surface area contributed by atoms with Gasteiger partial charge in [0.05, 0.1) is 11.8 Å². The van der Waals surface area contributed by atoms with Crippen molar-refractivity contribution in [2.45, 2.75) is 31.8 Å². The molecule has 0 saturated heterocycles. The lowest BCUT2D eigenvalue weighted by Gasteiger charge is -2.25. The van der Waals surface area contributed by atoms with Crippen molar-refractivity contribution in [3.63, 3.8) is 0 Å². The summed E-state index contributed by atoms with van der Waals surface area (Å²) < 4.78 is 0. The zero-order valence-electron chi connectivity index (χ0n) is 15.2. The molecular formula is C20H21N3O4S. The summed E-state index contributed by atoms with van der Waals surface area (Å²) >= 11 is 1.50. The van der Waals surface area contributed by atoms with Crippen LogP contribution in [-0.4, -0.2) is 35.9 Å². The zero-order chi connectivity index (χ0) is 19.7. The Morgan fingerprint density at radius 1 is 1.18 bits per heavy atom. The van der Waals surface area contributed by atoms with Crippen molar-refractivity contribution in [2.24, 2.45) is 0 Å². The Morgan fingerprint density at radius 3 is 2.71 bits per heavy atom. The molecule has 2 aliphatic rings. The number of rotatable bonds is 5. The molecule has 7 nitrogen and oxygen atoms in total. The van der Waals surface area contributed by atoms with Gasteiger partial charge in [0.2, 0.25) is 5.91 Å². The summed E-state index contributed by atoms with van der Waals surface area (Å²) in [5.74, 6) is -1.32. The number of aryl methyl sites for hydroxylation is 1. The molecular weight excluding hydrogens is 378 g/mol. The van der Waals surface area contributed by atoms with E-state index in [4.69, 9.17) is 0 Å². The molecule has 0 bridgehead atoms. The summed E-state index contributed by atoms with van der Waals surface area (Å²) in [4.78, 5) is 38.0. The molecule has 28 heavy (non-hydrogen) atoms. The van der Waals surface area contributed by atoms with E-state index in [0.29, 0.717) is 31.5 Å². The molecule has 0 spiro atoms. The molecule has 1 aromatic carbocycles.